The van der Waals surface area contributed by atoms with E-state index < -0.39 is 0 Å². The molecular weight excluding hydrogens is 244 g/mol. The van der Waals surface area contributed by atoms with Gasteiger partial charge in [0.15, 0.2) is 5.82 Å². The number of anilines is 1. The van der Waals surface area contributed by atoms with E-state index in [0.29, 0.717) is 22.9 Å². The van der Waals surface area contributed by atoms with Gasteiger partial charge in [-0.3, -0.25) is 0 Å². The van der Waals surface area contributed by atoms with Crippen molar-refractivity contribution in [3.8, 4) is 23.4 Å². The number of hydrogen-bond donors (Lipinski definition) is 1. The summed E-state index contributed by atoms with van der Waals surface area (Å²) >= 11 is 0. The molecular formula is C13H12N4O2. The number of aromatic nitrogens is 2. The topological polar surface area (TPSA) is 80.1 Å². The van der Waals surface area contributed by atoms with E-state index in [1.165, 1.54) is 13.4 Å². The number of rotatable bonds is 4. The Bertz CT molecular complexity index is 622. The van der Waals surface area contributed by atoms with E-state index in [-0.39, 0.29) is 5.88 Å². The fourth-order valence-electron chi connectivity index (χ4n) is 1.53. The molecule has 0 aliphatic carbocycles. The highest BCUT2D eigenvalue weighted by molar-refractivity contribution is 5.55. The van der Waals surface area contributed by atoms with Gasteiger partial charge in [-0.1, -0.05) is 6.07 Å². The summed E-state index contributed by atoms with van der Waals surface area (Å²) in [6.45, 7) is 0. The first kappa shape index (κ1) is 12.6. The minimum atomic E-state index is 0.289. The maximum absolute atomic E-state index is 8.85. The second-order valence-electron chi connectivity index (χ2n) is 3.55. The van der Waals surface area contributed by atoms with Crippen LogP contribution in [0.25, 0.3) is 0 Å². The van der Waals surface area contributed by atoms with Gasteiger partial charge in [0, 0.05) is 7.05 Å². The Hall–Kier alpha value is -2.81. The second-order valence-corrected chi connectivity index (χ2v) is 3.55. The van der Waals surface area contributed by atoms with Crippen LogP contribution in [0, 0.1) is 11.3 Å². The predicted molar refractivity (Wildman–Crippen MR) is 69.4 cm³/mol. The molecule has 0 amide bonds. The maximum atomic E-state index is 8.85. The van der Waals surface area contributed by atoms with Crippen LogP contribution in [0.2, 0.25) is 0 Å². The van der Waals surface area contributed by atoms with Gasteiger partial charge in [-0.2, -0.15) is 10.2 Å². The van der Waals surface area contributed by atoms with Crippen LogP contribution >= 0.6 is 0 Å². The van der Waals surface area contributed by atoms with Gasteiger partial charge in [0.2, 0.25) is 5.75 Å². The van der Waals surface area contributed by atoms with Crippen LogP contribution in [0.5, 0.6) is 17.4 Å². The van der Waals surface area contributed by atoms with Gasteiger partial charge in [-0.15, -0.1) is 0 Å². The first-order chi connectivity index (χ1) is 9.28. The van der Waals surface area contributed by atoms with Gasteiger partial charge >= 0.3 is 0 Å². The molecule has 0 saturated carbocycles. The summed E-state index contributed by atoms with van der Waals surface area (Å²) < 4.78 is 10.8. The van der Waals surface area contributed by atoms with Crippen LogP contribution < -0.4 is 14.8 Å². The lowest BCUT2D eigenvalue weighted by molar-refractivity contribution is 0.369. The number of nitrogens with zero attached hydrogens (tertiary/aromatic N) is 3. The van der Waals surface area contributed by atoms with E-state index in [1.807, 2.05) is 6.07 Å². The second kappa shape index (κ2) is 5.69. The SMILES string of the molecule is CNc1ncnc(Oc2cccc(C#N)c2)c1OC. The minimum Gasteiger partial charge on any atom is -0.489 e. The quantitative estimate of drug-likeness (QED) is 0.903. The highest BCUT2D eigenvalue weighted by Crippen LogP contribution is 2.33. The average molecular weight is 256 g/mol. The smallest absolute Gasteiger partial charge is 0.268 e. The van der Waals surface area contributed by atoms with Crippen molar-refractivity contribution >= 4 is 5.82 Å². The Morgan fingerprint density at radius 2 is 2.16 bits per heavy atom. The summed E-state index contributed by atoms with van der Waals surface area (Å²) in [4.78, 5) is 8.05. The Balaban J connectivity index is 2.35. The average Bonchev–Trinajstić information content (AvgIpc) is 2.47. The van der Waals surface area contributed by atoms with E-state index in [9.17, 15) is 0 Å². The van der Waals surface area contributed by atoms with E-state index in [0.717, 1.165) is 0 Å². The first-order valence-electron chi connectivity index (χ1n) is 5.53. The fraction of sp³-hybridized carbons (Fsp3) is 0.154. The van der Waals surface area contributed by atoms with E-state index in [1.54, 1.807) is 31.3 Å². The minimum absolute atomic E-state index is 0.289. The number of ether oxygens (including phenoxy) is 2. The van der Waals surface area contributed by atoms with Gasteiger partial charge in [-0.25, -0.2) is 4.98 Å². The number of methoxy groups -OCH3 is 1. The Morgan fingerprint density at radius 1 is 1.32 bits per heavy atom. The molecule has 0 aliphatic rings. The molecule has 0 atom stereocenters. The van der Waals surface area contributed by atoms with Gasteiger partial charge < -0.3 is 14.8 Å². The van der Waals surface area contributed by atoms with Gasteiger partial charge in [0.25, 0.3) is 5.88 Å². The molecule has 6 heteroatoms. The van der Waals surface area contributed by atoms with Crippen molar-refractivity contribution in [1.82, 2.24) is 9.97 Å². The summed E-state index contributed by atoms with van der Waals surface area (Å²) in [5.41, 5.74) is 0.513. The van der Waals surface area contributed by atoms with Crippen molar-refractivity contribution in [3.05, 3.63) is 36.2 Å². The van der Waals surface area contributed by atoms with Crippen LogP contribution in [0.15, 0.2) is 30.6 Å². The number of hydrogen-bond acceptors (Lipinski definition) is 6. The van der Waals surface area contributed by atoms with Crippen molar-refractivity contribution in [1.29, 1.82) is 5.26 Å². The molecule has 0 fully saturated rings. The van der Waals surface area contributed by atoms with Crippen LogP contribution in [0.1, 0.15) is 5.56 Å². The zero-order chi connectivity index (χ0) is 13.7. The normalized spacial score (nSPS) is 9.53. The van der Waals surface area contributed by atoms with Gasteiger partial charge in [0.1, 0.15) is 12.1 Å². The molecule has 1 aromatic heterocycles. The third-order valence-electron chi connectivity index (χ3n) is 2.39. The summed E-state index contributed by atoms with van der Waals surface area (Å²) in [7, 11) is 3.24. The molecule has 0 saturated heterocycles. The third kappa shape index (κ3) is 2.72. The Morgan fingerprint density at radius 3 is 2.84 bits per heavy atom. The molecule has 1 heterocycles. The number of benzene rings is 1. The van der Waals surface area contributed by atoms with Crippen LogP contribution in [0.3, 0.4) is 0 Å². The van der Waals surface area contributed by atoms with Crippen molar-refractivity contribution in [2.45, 2.75) is 0 Å². The van der Waals surface area contributed by atoms with Gasteiger partial charge in [-0.05, 0) is 18.2 Å². The van der Waals surface area contributed by atoms with Crippen LogP contribution in [-0.2, 0) is 0 Å². The highest BCUT2D eigenvalue weighted by atomic mass is 16.5. The van der Waals surface area contributed by atoms with Crippen LogP contribution in [-0.4, -0.2) is 24.1 Å². The molecule has 0 spiro atoms. The molecule has 0 bridgehead atoms. The molecule has 19 heavy (non-hydrogen) atoms. The lowest BCUT2D eigenvalue weighted by Crippen LogP contribution is -2.00. The van der Waals surface area contributed by atoms with Crippen molar-refractivity contribution < 1.29 is 9.47 Å². The summed E-state index contributed by atoms with van der Waals surface area (Å²) in [6.07, 6.45) is 1.37. The Kier molecular flexibility index (Phi) is 3.78. The zero-order valence-electron chi connectivity index (χ0n) is 10.5. The van der Waals surface area contributed by atoms with Crippen molar-refractivity contribution in [2.24, 2.45) is 0 Å². The molecule has 6 nitrogen and oxygen atoms in total. The molecule has 2 aromatic rings. The highest BCUT2D eigenvalue weighted by Gasteiger charge is 2.13. The fourth-order valence-corrected chi connectivity index (χ4v) is 1.53. The monoisotopic (exact) mass is 256 g/mol. The summed E-state index contributed by atoms with van der Waals surface area (Å²) in [6, 6.07) is 8.85. The van der Waals surface area contributed by atoms with Crippen LogP contribution in [0.4, 0.5) is 5.82 Å². The lowest BCUT2D eigenvalue weighted by Gasteiger charge is -2.11. The standard InChI is InChI=1S/C13H12N4O2/c1-15-12-11(18-2)13(17-8-16-12)19-10-5-3-4-9(6-10)7-14/h3-6,8H,1-2H3,(H,15,16,17). The molecule has 0 aliphatic heterocycles. The molecule has 0 radical (unpaired) electrons. The number of nitrogens with one attached hydrogen (secondary N) is 1. The first-order valence-corrected chi connectivity index (χ1v) is 5.53. The molecule has 1 aromatic carbocycles. The number of nitriles is 1. The van der Waals surface area contributed by atoms with Crippen molar-refractivity contribution in [2.75, 3.05) is 19.5 Å². The largest absolute Gasteiger partial charge is 0.489 e. The van der Waals surface area contributed by atoms with Gasteiger partial charge in [0.05, 0.1) is 18.7 Å². The molecule has 0 unspecified atom stereocenters. The Labute approximate surface area is 110 Å². The van der Waals surface area contributed by atoms with E-state index in [4.69, 9.17) is 14.7 Å². The molecule has 2 rings (SSSR count). The van der Waals surface area contributed by atoms with E-state index in [2.05, 4.69) is 15.3 Å². The molecule has 96 valence electrons. The summed E-state index contributed by atoms with van der Waals surface area (Å²) in [5, 5.41) is 11.7. The third-order valence-corrected chi connectivity index (χ3v) is 2.39. The lowest BCUT2D eigenvalue weighted by atomic mass is 10.2. The van der Waals surface area contributed by atoms with Crippen molar-refractivity contribution in [3.63, 3.8) is 0 Å². The molecule has 1 N–H and O–H groups in total. The predicted octanol–water partition coefficient (Wildman–Crippen LogP) is 2.19. The van der Waals surface area contributed by atoms with E-state index >= 15 is 0 Å². The summed E-state index contributed by atoms with van der Waals surface area (Å²) in [5.74, 6) is 1.74. The zero-order valence-corrected chi connectivity index (χ0v) is 10.5. The maximum Gasteiger partial charge on any atom is 0.268 e.